The highest BCUT2D eigenvalue weighted by Gasteiger charge is 2.23. The minimum absolute atomic E-state index is 0.443. The SMILES string of the molecule is CC(O)CCP(=O)(CCC(C)O)CCC(C)O. The third kappa shape index (κ3) is 9.78. The minimum atomic E-state index is -2.36. The van der Waals surface area contributed by atoms with Gasteiger partial charge in [0.2, 0.25) is 0 Å². The molecule has 3 atom stereocenters. The highest BCUT2D eigenvalue weighted by molar-refractivity contribution is 7.63. The topological polar surface area (TPSA) is 77.8 Å². The second kappa shape index (κ2) is 8.25. The number of hydrogen-bond donors (Lipinski definition) is 3. The molecule has 0 amide bonds. The van der Waals surface area contributed by atoms with Crippen molar-refractivity contribution < 1.29 is 19.9 Å². The van der Waals surface area contributed by atoms with Crippen LogP contribution < -0.4 is 0 Å². The summed E-state index contributed by atoms with van der Waals surface area (Å²) >= 11 is 0. The van der Waals surface area contributed by atoms with E-state index in [1.807, 2.05) is 0 Å². The minimum Gasteiger partial charge on any atom is -0.393 e. The highest BCUT2D eigenvalue weighted by atomic mass is 31.2. The second-order valence-corrected chi connectivity index (χ2v) is 8.60. The summed E-state index contributed by atoms with van der Waals surface area (Å²) in [6.45, 7) is 5.06. The van der Waals surface area contributed by atoms with Crippen LogP contribution in [0.15, 0.2) is 0 Å². The molecule has 0 bridgehead atoms. The molecule has 0 aliphatic rings. The summed E-state index contributed by atoms with van der Waals surface area (Å²) in [7, 11) is -2.36. The van der Waals surface area contributed by atoms with Gasteiger partial charge in [-0.3, -0.25) is 0 Å². The van der Waals surface area contributed by atoms with E-state index in [2.05, 4.69) is 0 Å². The van der Waals surface area contributed by atoms with Gasteiger partial charge in [0, 0.05) is 18.5 Å². The molecule has 3 unspecified atom stereocenters. The van der Waals surface area contributed by atoms with Gasteiger partial charge >= 0.3 is 0 Å². The molecule has 0 aromatic heterocycles. The van der Waals surface area contributed by atoms with E-state index in [1.54, 1.807) is 20.8 Å². The summed E-state index contributed by atoms with van der Waals surface area (Å²) < 4.78 is 12.6. The zero-order valence-electron chi connectivity index (χ0n) is 11.2. The zero-order valence-corrected chi connectivity index (χ0v) is 12.1. The molecule has 5 heteroatoms. The molecule has 104 valence electrons. The highest BCUT2D eigenvalue weighted by Crippen LogP contribution is 2.48. The van der Waals surface area contributed by atoms with Crippen molar-refractivity contribution >= 4 is 7.14 Å². The van der Waals surface area contributed by atoms with Gasteiger partial charge in [-0.05, 0) is 40.0 Å². The summed E-state index contributed by atoms with van der Waals surface area (Å²) in [5.41, 5.74) is 0. The number of aliphatic hydroxyl groups excluding tert-OH is 3. The van der Waals surface area contributed by atoms with Crippen molar-refractivity contribution in [2.45, 2.75) is 58.3 Å². The fourth-order valence-electron chi connectivity index (χ4n) is 1.60. The lowest BCUT2D eigenvalue weighted by Crippen LogP contribution is -2.13. The fraction of sp³-hybridized carbons (Fsp3) is 1.00. The van der Waals surface area contributed by atoms with E-state index in [-0.39, 0.29) is 0 Å². The number of hydrogen-bond acceptors (Lipinski definition) is 4. The molecular weight excluding hydrogens is 239 g/mol. The lowest BCUT2D eigenvalue weighted by atomic mass is 10.3. The fourth-order valence-corrected chi connectivity index (χ4v) is 4.81. The third-order valence-electron chi connectivity index (χ3n) is 2.86. The van der Waals surface area contributed by atoms with Crippen molar-refractivity contribution in [3.05, 3.63) is 0 Å². The third-order valence-corrected chi connectivity index (χ3v) is 6.08. The van der Waals surface area contributed by atoms with E-state index in [1.165, 1.54) is 0 Å². The Morgan fingerprint density at radius 2 is 1.00 bits per heavy atom. The predicted molar refractivity (Wildman–Crippen MR) is 71.1 cm³/mol. The maximum atomic E-state index is 12.6. The molecule has 0 aromatic carbocycles. The standard InChI is InChI=1S/C12H27O4P/c1-10(13)4-7-17(16,8-5-11(2)14)9-6-12(3)15/h10-15H,4-9H2,1-3H3. The van der Waals surface area contributed by atoms with Crippen molar-refractivity contribution in [2.75, 3.05) is 18.5 Å². The molecule has 0 radical (unpaired) electrons. The molecular formula is C12H27O4P. The summed E-state index contributed by atoms with van der Waals surface area (Å²) in [5.74, 6) is 0. The Bertz CT molecular complexity index is 201. The van der Waals surface area contributed by atoms with Gasteiger partial charge in [0.05, 0.1) is 25.5 Å². The van der Waals surface area contributed by atoms with Crippen LogP contribution in [0.1, 0.15) is 40.0 Å². The van der Waals surface area contributed by atoms with Gasteiger partial charge in [0.25, 0.3) is 0 Å². The van der Waals surface area contributed by atoms with Crippen molar-refractivity contribution in [1.29, 1.82) is 0 Å². The van der Waals surface area contributed by atoms with Gasteiger partial charge in [0.15, 0.2) is 0 Å². The Labute approximate surface area is 104 Å². The van der Waals surface area contributed by atoms with Gasteiger partial charge in [-0.1, -0.05) is 0 Å². The van der Waals surface area contributed by atoms with E-state index in [4.69, 9.17) is 0 Å². The Morgan fingerprint density at radius 1 is 0.765 bits per heavy atom. The lowest BCUT2D eigenvalue weighted by Gasteiger charge is -2.20. The molecule has 17 heavy (non-hydrogen) atoms. The first-order valence-electron chi connectivity index (χ1n) is 6.36. The van der Waals surface area contributed by atoms with Crippen LogP contribution in [0, 0.1) is 0 Å². The quantitative estimate of drug-likeness (QED) is 0.555. The molecule has 0 rings (SSSR count). The first-order valence-corrected chi connectivity index (χ1v) is 8.63. The van der Waals surface area contributed by atoms with Crippen LogP contribution in [-0.2, 0) is 4.57 Å². The summed E-state index contributed by atoms with van der Waals surface area (Å²) in [6.07, 6.45) is 1.76. The monoisotopic (exact) mass is 266 g/mol. The zero-order chi connectivity index (χ0) is 13.5. The Morgan fingerprint density at radius 3 is 1.18 bits per heavy atom. The molecule has 0 saturated carbocycles. The number of rotatable bonds is 9. The van der Waals surface area contributed by atoms with Crippen molar-refractivity contribution in [3.63, 3.8) is 0 Å². The van der Waals surface area contributed by atoms with Crippen LogP contribution in [-0.4, -0.2) is 52.1 Å². The smallest absolute Gasteiger partial charge is 0.0880 e. The molecule has 0 aromatic rings. The number of aliphatic hydroxyl groups is 3. The largest absolute Gasteiger partial charge is 0.393 e. The van der Waals surface area contributed by atoms with E-state index in [9.17, 15) is 19.9 Å². The molecule has 0 heterocycles. The molecule has 0 aliphatic carbocycles. The van der Waals surface area contributed by atoms with E-state index in [0.29, 0.717) is 37.7 Å². The van der Waals surface area contributed by atoms with Crippen LogP contribution in [0.3, 0.4) is 0 Å². The van der Waals surface area contributed by atoms with Crippen LogP contribution in [0.25, 0.3) is 0 Å². The molecule has 0 spiro atoms. The van der Waals surface area contributed by atoms with Crippen LogP contribution in [0.2, 0.25) is 0 Å². The van der Waals surface area contributed by atoms with Gasteiger partial charge < -0.3 is 19.9 Å². The molecule has 0 saturated heterocycles. The summed E-state index contributed by atoms with van der Waals surface area (Å²) in [5, 5.41) is 27.8. The van der Waals surface area contributed by atoms with Crippen LogP contribution in [0.4, 0.5) is 0 Å². The van der Waals surface area contributed by atoms with Crippen LogP contribution >= 0.6 is 7.14 Å². The average Bonchev–Trinajstić information content (AvgIpc) is 2.21. The first kappa shape index (κ1) is 17.1. The average molecular weight is 266 g/mol. The summed E-state index contributed by atoms with van der Waals surface area (Å²) in [4.78, 5) is 0. The van der Waals surface area contributed by atoms with Gasteiger partial charge in [-0.2, -0.15) is 0 Å². The Balaban J connectivity index is 4.29. The van der Waals surface area contributed by atoms with E-state index < -0.39 is 25.5 Å². The van der Waals surface area contributed by atoms with E-state index >= 15 is 0 Å². The van der Waals surface area contributed by atoms with Gasteiger partial charge in [-0.25, -0.2) is 0 Å². The van der Waals surface area contributed by atoms with Crippen molar-refractivity contribution in [3.8, 4) is 0 Å². The van der Waals surface area contributed by atoms with Crippen molar-refractivity contribution in [2.24, 2.45) is 0 Å². The maximum absolute atomic E-state index is 12.6. The Hall–Kier alpha value is 0.110. The first-order chi connectivity index (χ1) is 7.75. The summed E-state index contributed by atoms with van der Waals surface area (Å²) in [6, 6.07) is 0. The molecule has 0 aliphatic heterocycles. The van der Waals surface area contributed by atoms with Gasteiger partial charge in [0.1, 0.15) is 0 Å². The Kier molecular flexibility index (Phi) is 8.31. The van der Waals surface area contributed by atoms with Gasteiger partial charge in [-0.15, -0.1) is 0 Å². The van der Waals surface area contributed by atoms with Crippen molar-refractivity contribution in [1.82, 2.24) is 0 Å². The molecule has 3 N–H and O–H groups in total. The lowest BCUT2D eigenvalue weighted by molar-refractivity contribution is 0.187. The van der Waals surface area contributed by atoms with E-state index in [0.717, 1.165) is 0 Å². The second-order valence-electron chi connectivity index (χ2n) is 5.14. The maximum Gasteiger partial charge on any atom is 0.0880 e. The van der Waals surface area contributed by atoms with Crippen LogP contribution in [0.5, 0.6) is 0 Å². The molecule has 0 fully saturated rings. The predicted octanol–water partition coefficient (Wildman–Crippen LogP) is 1.66. The normalized spacial score (nSPS) is 20.6. The molecule has 4 nitrogen and oxygen atoms in total.